The topological polar surface area (TPSA) is 98.1 Å². The fourth-order valence-electron chi connectivity index (χ4n) is 0.695. The first-order valence-corrected chi connectivity index (χ1v) is 3.45. The Balaban J connectivity index is 2.69. The van der Waals surface area contributed by atoms with Crippen molar-refractivity contribution in [2.45, 2.75) is 0 Å². The molecule has 1 rings (SSSR count). The van der Waals surface area contributed by atoms with Gasteiger partial charge in [-0.2, -0.15) is 0 Å². The summed E-state index contributed by atoms with van der Waals surface area (Å²) < 4.78 is 0. The third-order valence-corrected chi connectivity index (χ3v) is 1.25. The van der Waals surface area contributed by atoms with Crippen molar-refractivity contribution in [3.8, 4) is 0 Å². The number of aromatic nitrogens is 2. The molecule has 0 atom stereocenters. The molecule has 6 nitrogen and oxygen atoms in total. The van der Waals surface area contributed by atoms with Gasteiger partial charge in [0.25, 0.3) is 5.82 Å². The Morgan fingerprint density at radius 3 is 3.00 bits per heavy atom. The monoisotopic (exact) mass is 170 g/mol. The molecule has 0 amide bonds. The molecule has 0 fully saturated rings. The van der Waals surface area contributed by atoms with Gasteiger partial charge < -0.3 is 15.6 Å². The van der Waals surface area contributed by atoms with E-state index >= 15 is 0 Å². The van der Waals surface area contributed by atoms with Gasteiger partial charge in [0.2, 0.25) is 0 Å². The van der Waals surface area contributed by atoms with Crippen LogP contribution >= 0.6 is 0 Å². The Bertz CT molecular complexity index is 266. The Morgan fingerprint density at radius 1 is 1.67 bits per heavy atom. The molecule has 0 aliphatic rings. The van der Waals surface area contributed by atoms with Gasteiger partial charge in [-0.25, -0.2) is 0 Å². The van der Waals surface area contributed by atoms with Crippen LogP contribution in [0.1, 0.15) is 0 Å². The first kappa shape index (κ1) is 8.54. The van der Waals surface area contributed by atoms with Crippen molar-refractivity contribution in [3.05, 3.63) is 17.3 Å². The SMILES string of the molecule is Nc1ccc(NCCO)n[n+]1[O-]. The van der Waals surface area contributed by atoms with Crippen LogP contribution in [-0.4, -0.2) is 23.4 Å². The van der Waals surface area contributed by atoms with Crippen LogP contribution in [0.4, 0.5) is 11.6 Å². The maximum Gasteiger partial charge on any atom is 0.296 e. The molecule has 12 heavy (non-hydrogen) atoms. The molecule has 0 aromatic carbocycles. The zero-order chi connectivity index (χ0) is 8.97. The Kier molecular flexibility index (Phi) is 2.65. The normalized spacial score (nSPS) is 9.75. The van der Waals surface area contributed by atoms with Gasteiger partial charge in [0.05, 0.1) is 6.61 Å². The predicted molar refractivity (Wildman–Crippen MR) is 43.2 cm³/mol. The number of aliphatic hydroxyl groups excluding tert-OH is 1. The smallest absolute Gasteiger partial charge is 0.296 e. The highest BCUT2D eigenvalue weighted by Crippen LogP contribution is 1.99. The van der Waals surface area contributed by atoms with Gasteiger partial charge in [-0.3, -0.25) is 5.73 Å². The number of hydrogen-bond acceptors (Lipinski definition) is 5. The number of nitrogens with one attached hydrogen (secondary N) is 1. The molecule has 6 heteroatoms. The van der Waals surface area contributed by atoms with Gasteiger partial charge in [0.1, 0.15) is 0 Å². The summed E-state index contributed by atoms with van der Waals surface area (Å²) in [4.78, 5) is 0.319. The van der Waals surface area contributed by atoms with Crippen LogP contribution in [0.25, 0.3) is 0 Å². The number of anilines is 2. The quantitative estimate of drug-likeness (QED) is 0.387. The molecule has 1 heterocycles. The molecule has 0 saturated heterocycles. The van der Waals surface area contributed by atoms with Crippen LogP contribution in [0.2, 0.25) is 0 Å². The van der Waals surface area contributed by atoms with E-state index in [9.17, 15) is 5.21 Å². The van der Waals surface area contributed by atoms with Gasteiger partial charge in [-0.1, -0.05) is 5.10 Å². The zero-order valence-electron chi connectivity index (χ0n) is 6.40. The van der Waals surface area contributed by atoms with Crippen LogP contribution in [-0.2, 0) is 0 Å². The van der Waals surface area contributed by atoms with Crippen molar-refractivity contribution < 1.29 is 9.95 Å². The van der Waals surface area contributed by atoms with E-state index in [1.807, 2.05) is 0 Å². The molecule has 1 aromatic heterocycles. The molecule has 1 aromatic rings. The van der Waals surface area contributed by atoms with Crippen molar-refractivity contribution in [1.82, 2.24) is 5.10 Å². The molecule has 0 unspecified atom stereocenters. The van der Waals surface area contributed by atoms with E-state index < -0.39 is 0 Å². The molecule has 0 radical (unpaired) electrons. The molecule has 0 bridgehead atoms. The molecular weight excluding hydrogens is 160 g/mol. The maximum atomic E-state index is 10.8. The maximum absolute atomic E-state index is 10.8. The Labute approximate surface area is 69.2 Å². The minimum Gasteiger partial charge on any atom is -0.691 e. The average molecular weight is 170 g/mol. The van der Waals surface area contributed by atoms with E-state index in [2.05, 4.69) is 10.4 Å². The van der Waals surface area contributed by atoms with Crippen molar-refractivity contribution in [3.63, 3.8) is 0 Å². The first-order valence-electron chi connectivity index (χ1n) is 3.45. The fraction of sp³-hybridized carbons (Fsp3) is 0.333. The zero-order valence-corrected chi connectivity index (χ0v) is 6.40. The van der Waals surface area contributed by atoms with Crippen LogP contribution in [0.3, 0.4) is 0 Å². The largest absolute Gasteiger partial charge is 0.691 e. The van der Waals surface area contributed by atoms with Gasteiger partial charge >= 0.3 is 0 Å². The molecule has 0 saturated carbocycles. The van der Waals surface area contributed by atoms with Gasteiger partial charge in [0, 0.05) is 12.6 Å². The van der Waals surface area contributed by atoms with Crippen LogP contribution in [0.5, 0.6) is 0 Å². The summed E-state index contributed by atoms with van der Waals surface area (Å²) >= 11 is 0. The summed E-state index contributed by atoms with van der Waals surface area (Å²) in [6, 6.07) is 3.01. The van der Waals surface area contributed by atoms with E-state index in [4.69, 9.17) is 10.8 Å². The number of nitrogens with zero attached hydrogens (tertiary/aromatic N) is 2. The van der Waals surface area contributed by atoms with E-state index in [-0.39, 0.29) is 12.4 Å². The third-order valence-electron chi connectivity index (χ3n) is 1.25. The minimum absolute atomic E-state index is 0.00901. The third kappa shape index (κ3) is 1.96. The number of rotatable bonds is 3. The second kappa shape index (κ2) is 3.72. The van der Waals surface area contributed by atoms with E-state index in [0.29, 0.717) is 17.2 Å². The lowest BCUT2D eigenvalue weighted by Gasteiger charge is -2.05. The van der Waals surface area contributed by atoms with E-state index in [1.54, 1.807) is 6.07 Å². The first-order chi connectivity index (χ1) is 5.74. The van der Waals surface area contributed by atoms with Crippen LogP contribution in [0.15, 0.2) is 12.1 Å². The molecular formula is C6H10N4O2. The lowest BCUT2D eigenvalue weighted by Crippen LogP contribution is -2.35. The standard InChI is InChI=1S/C6H10N4O2/c7-5-1-2-6(8-3-4-11)9-10(5)12/h1-2,11H,3-4,7H2,(H,8,9). The lowest BCUT2D eigenvalue weighted by atomic mass is 10.5. The molecule has 0 spiro atoms. The van der Waals surface area contributed by atoms with E-state index in [0.717, 1.165) is 0 Å². The van der Waals surface area contributed by atoms with Crippen LogP contribution < -0.4 is 15.9 Å². The van der Waals surface area contributed by atoms with Crippen molar-refractivity contribution in [2.24, 2.45) is 0 Å². The minimum atomic E-state index is -0.00901. The molecule has 0 aliphatic carbocycles. The number of hydrogen-bond donors (Lipinski definition) is 3. The predicted octanol–water partition coefficient (Wildman–Crippen LogP) is -1.30. The second-order valence-corrected chi connectivity index (χ2v) is 2.17. The highest BCUT2D eigenvalue weighted by Gasteiger charge is 1.99. The molecule has 66 valence electrons. The van der Waals surface area contributed by atoms with Gasteiger partial charge in [-0.05, 0) is 6.07 Å². The highest BCUT2D eigenvalue weighted by atomic mass is 16.5. The Hall–Kier alpha value is -1.56. The van der Waals surface area contributed by atoms with Crippen molar-refractivity contribution >= 4 is 11.6 Å². The number of aliphatic hydroxyl groups is 1. The summed E-state index contributed by atoms with van der Waals surface area (Å²) in [6.45, 7) is 0.349. The van der Waals surface area contributed by atoms with Crippen LogP contribution in [0, 0.1) is 5.21 Å². The van der Waals surface area contributed by atoms with Crippen molar-refractivity contribution in [1.29, 1.82) is 0 Å². The summed E-state index contributed by atoms with van der Waals surface area (Å²) in [5.41, 5.74) is 5.23. The molecule has 4 N–H and O–H groups in total. The second-order valence-electron chi connectivity index (χ2n) is 2.17. The number of nitrogens with two attached hydrogens (primary N) is 1. The fourth-order valence-corrected chi connectivity index (χ4v) is 0.695. The van der Waals surface area contributed by atoms with E-state index in [1.165, 1.54) is 6.07 Å². The van der Waals surface area contributed by atoms with Gasteiger partial charge in [-0.15, -0.1) is 4.85 Å². The Morgan fingerprint density at radius 2 is 2.42 bits per heavy atom. The average Bonchev–Trinajstić information content (AvgIpc) is 2.07. The summed E-state index contributed by atoms with van der Waals surface area (Å²) in [5.74, 6) is 0.442. The highest BCUT2D eigenvalue weighted by molar-refractivity contribution is 5.35. The number of nitrogen functional groups attached to an aromatic ring is 1. The van der Waals surface area contributed by atoms with Crippen molar-refractivity contribution in [2.75, 3.05) is 24.2 Å². The summed E-state index contributed by atoms with van der Waals surface area (Å²) in [5, 5.41) is 25.5. The van der Waals surface area contributed by atoms with Gasteiger partial charge in [0.15, 0.2) is 5.82 Å². The summed E-state index contributed by atoms with van der Waals surface area (Å²) in [6.07, 6.45) is 0. The molecule has 0 aliphatic heterocycles. The lowest BCUT2D eigenvalue weighted by molar-refractivity contribution is -0.653. The summed E-state index contributed by atoms with van der Waals surface area (Å²) in [7, 11) is 0.